The van der Waals surface area contributed by atoms with E-state index in [1.165, 1.54) is 5.56 Å². The van der Waals surface area contributed by atoms with Gasteiger partial charge in [-0.25, -0.2) is 4.98 Å². The molecule has 0 aliphatic heterocycles. The fourth-order valence-corrected chi connectivity index (χ4v) is 3.83. The second-order valence-corrected chi connectivity index (χ2v) is 8.33. The predicted octanol–water partition coefficient (Wildman–Crippen LogP) is 3.76. The minimum atomic E-state index is 0.692. The second kappa shape index (κ2) is 10.5. The molecule has 5 nitrogen and oxygen atoms in total. The van der Waals surface area contributed by atoms with Gasteiger partial charge in [0.25, 0.3) is 0 Å². The summed E-state index contributed by atoms with van der Waals surface area (Å²) in [5.74, 6) is 0.921. The summed E-state index contributed by atoms with van der Waals surface area (Å²) in [7, 11) is 4.17. The maximum atomic E-state index is 6.42. The summed E-state index contributed by atoms with van der Waals surface area (Å²) < 4.78 is 1.86. The first-order valence-corrected chi connectivity index (χ1v) is 11.2. The Balaban J connectivity index is 1.38. The van der Waals surface area contributed by atoms with Gasteiger partial charge in [0.15, 0.2) is 5.65 Å². The van der Waals surface area contributed by atoms with Crippen LogP contribution in [-0.2, 0) is 0 Å². The van der Waals surface area contributed by atoms with Gasteiger partial charge in [-0.15, -0.1) is 0 Å². The van der Waals surface area contributed by atoms with E-state index in [0.29, 0.717) is 5.02 Å². The summed E-state index contributed by atoms with van der Waals surface area (Å²) in [6, 6.07) is 20.2. The Hall–Kier alpha value is -3.09. The van der Waals surface area contributed by atoms with Crippen molar-refractivity contribution in [2.75, 3.05) is 32.0 Å². The number of likely N-dealkylation sites (N-methyl/N-ethyl adjacent to an activating group) is 1. The van der Waals surface area contributed by atoms with Crippen molar-refractivity contribution in [2.24, 2.45) is 0 Å². The van der Waals surface area contributed by atoms with Gasteiger partial charge in [-0.05, 0) is 37.1 Å². The number of rotatable bonds is 9. The van der Waals surface area contributed by atoms with Gasteiger partial charge in [-0.3, -0.25) is 0 Å². The van der Waals surface area contributed by atoms with Crippen molar-refractivity contribution in [3.8, 4) is 11.3 Å². The maximum Gasteiger partial charge on any atom is 0.151 e. The molecular weight excluding hydrogens is 417 g/mol. The summed E-state index contributed by atoms with van der Waals surface area (Å²) in [6.45, 7) is 2.76. The van der Waals surface area contributed by atoms with Gasteiger partial charge in [0, 0.05) is 35.9 Å². The van der Waals surface area contributed by atoms with E-state index in [9.17, 15) is 0 Å². The Kier molecular flexibility index (Phi) is 7.25. The number of fused-ring (bicyclic) bond motifs is 1. The molecule has 2 aromatic carbocycles. The zero-order chi connectivity index (χ0) is 22.3. The van der Waals surface area contributed by atoms with Crippen LogP contribution in [0, 0.1) is 0 Å². The van der Waals surface area contributed by atoms with Crippen LogP contribution < -0.4 is 10.8 Å². The quantitative estimate of drug-likeness (QED) is 0.316. The summed E-state index contributed by atoms with van der Waals surface area (Å²) in [4.78, 5) is 7.12. The predicted molar refractivity (Wildman–Crippen MR) is 138 cm³/mol. The van der Waals surface area contributed by atoms with Gasteiger partial charge in [0.2, 0.25) is 0 Å². The third kappa shape index (κ3) is 5.39. The first kappa shape index (κ1) is 22.1. The van der Waals surface area contributed by atoms with Crippen molar-refractivity contribution in [3.63, 3.8) is 0 Å². The molecule has 0 aliphatic carbocycles. The lowest BCUT2D eigenvalue weighted by molar-refractivity contribution is 0.368. The number of anilines is 1. The Bertz CT molecular complexity index is 1210. The third-order valence-corrected chi connectivity index (χ3v) is 5.68. The fourth-order valence-electron chi connectivity index (χ4n) is 3.60. The Morgan fingerprint density at radius 2 is 1.91 bits per heavy atom. The normalized spacial score (nSPS) is 11.6. The zero-order valence-electron chi connectivity index (χ0n) is 18.5. The highest BCUT2D eigenvalue weighted by atomic mass is 35.5. The van der Waals surface area contributed by atoms with Gasteiger partial charge in [0.05, 0.1) is 5.69 Å². The summed E-state index contributed by atoms with van der Waals surface area (Å²) in [5, 5.41) is 8.73. The van der Waals surface area contributed by atoms with Crippen molar-refractivity contribution in [1.82, 2.24) is 19.5 Å². The fraction of sp³-hybridized carbons (Fsp3) is 0.200. The Morgan fingerprint density at radius 1 is 1.12 bits per heavy atom. The SMILES string of the molecule is Bc1cnn2c(NCCCN(C)C/C=C/c3ccccc3)cc(-c3ccccc3Cl)nc12. The molecule has 0 radical (unpaired) electrons. The lowest BCUT2D eigenvalue weighted by Crippen LogP contribution is -2.22. The third-order valence-electron chi connectivity index (χ3n) is 5.35. The van der Waals surface area contributed by atoms with E-state index in [-0.39, 0.29) is 0 Å². The Morgan fingerprint density at radius 3 is 2.72 bits per heavy atom. The van der Waals surface area contributed by atoms with Crippen molar-refractivity contribution < 1.29 is 0 Å². The average molecular weight is 444 g/mol. The van der Waals surface area contributed by atoms with Crippen LogP contribution in [0.25, 0.3) is 23.0 Å². The number of aromatic nitrogens is 3. The molecule has 0 fully saturated rings. The molecule has 0 atom stereocenters. The number of hydrogen-bond acceptors (Lipinski definition) is 4. The summed E-state index contributed by atoms with van der Waals surface area (Å²) in [5.41, 5.74) is 4.87. The lowest BCUT2D eigenvalue weighted by Gasteiger charge is -2.15. The molecule has 32 heavy (non-hydrogen) atoms. The number of halogens is 1. The van der Waals surface area contributed by atoms with Crippen LogP contribution in [0.1, 0.15) is 12.0 Å². The van der Waals surface area contributed by atoms with Crippen LogP contribution in [0.2, 0.25) is 5.02 Å². The van der Waals surface area contributed by atoms with Crippen LogP contribution >= 0.6 is 11.6 Å². The molecule has 0 saturated carbocycles. The molecule has 162 valence electrons. The minimum absolute atomic E-state index is 0.692. The largest absolute Gasteiger partial charge is 0.370 e. The topological polar surface area (TPSA) is 45.5 Å². The van der Waals surface area contributed by atoms with Crippen molar-refractivity contribution in [2.45, 2.75) is 6.42 Å². The van der Waals surface area contributed by atoms with E-state index >= 15 is 0 Å². The van der Waals surface area contributed by atoms with Crippen LogP contribution in [0.15, 0.2) is 72.9 Å². The first-order valence-electron chi connectivity index (χ1n) is 10.9. The van der Waals surface area contributed by atoms with Crippen molar-refractivity contribution in [1.29, 1.82) is 0 Å². The first-order chi connectivity index (χ1) is 15.6. The molecule has 1 N–H and O–H groups in total. The summed E-state index contributed by atoms with van der Waals surface area (Å²) in [6.07, 6.45) is 7.23. The molecule has 4 aromatic rings. The highest BCUT2D eigenvalue weighted by Crippen LogP contribution is 2.28. The van der Waals surface area contributed by atoms with Crippen LogP contribution in [0.5, 0.6) is 0 Å². The number of benzene rings is 2. The monoisotopic (exact) mass is 443 g/mol. The van der Waals surface area contributed by atoms with Gasteiger partial charge in [-0.2, -0.15) is 9.61 Å². The van der Waals surface area contributed by atoms with Crippen molar-refractivity contribution >= 4 is 42.5 Å². The molecule has 0 unspecified atom stereocenters. The van der Waals surface area contributed by atoms with Crippen LogP contribution in [0.4, 0.5) is 5.82 Å². The van der Waals surface area contributed by atoms with Gasteiger partial charge in [0.1, 0.15) is 13.7 Å². The molecule has 7 heteroatoms. The minimum Gasteiger partial charge on any atom is -0.370 e. The molecule has 0 aliphatic rings. The highest BCUT2D eigenvalue weighted by molar-refractivity contribution is 6.36. The molecule has 2 heterocycles. The number of nitrogens with zero attached hydrogens (tertiary/aromatic N) is 4. The maximum absolute atomic E-state index is 6.42. The highest BCUT2D eigenvalue weighted by Gasteiger charge is 2.12. The zero-order valence-corrected chi connectivity index (χ0v) is 19.3. The Labute approximate surface area is 195 Å². The van der Waals surface area contributed by atoms with Gasteiger partial charge >= 0.3 is 0 Å². The number of nitrogens with one attached hydrogen (secondary N) is 1. The van der Waals surface area contributed by atoms with E-state index in [0.717, 1.165) is 54.2 Å². The van der Waals surface area contributed by atoms with E-state index < -0.39 is 0 Å². The molecule has 4 rings (SSSR count). The van der Waals surface area contributed by atoms with Crippen molar-refractivity contribution in [3.05, 3.63) is 83.5 Å². The van der Waals surface area contributed by atoms with Crippen LogP contribution in [0.3, 0.4) is 0 Å². The van der Waals surface area contributed by atoms with E-state index in [4.69, 9.17) is 16.6 Å². The lowest BCUT2D eigenvalue weighted by atomic mass is 10.0. The van der Waals surface area contributed by atoms with E-state index in [1.54, 1.807) is 0 Å². The van der Waals surface area contributed by atoms with Gasteiger partial charge in [-0.1, -0.05) is 72.3 Å². The van der Waals surface area contributed by atoms with E-state index in [1.807, 2.05) is 55.0 Å². The molecule has 0 saturated heterocycles. The smallest absolute Gasteiger partial charge is 0.151 e. The molecular formula is C25H27BClN5. The van der Waals surface area contributed by atoms with E-state index in [2.05, 4.69) is 58.8 Å². The van der Waals surface area contributed by atoms with Gasteiger partial charge < -0.3 is 10.2 Å². The second-order valence-electron chi connectivity index (χ2n) is 7.93. The average Bonchev–Trinajstić information content (AvgIpc) is 3.18. The molecule has 0 bridgehead atoms. The molecule has 2 aromatic heterocycles. The summed E-state index contributed by atoms with van der Waals surface area (Å²) >= 11 is 6.42. The number of hydrogen-bond donors (Lipinski definition) is 1. The standard InChI is InChI=1S/C25H27BClN5/c1-31(15-7-11-19-9-3-2-4-10-19)16-8-14-28-24-17-23(20-12-5-6-13-22(20)27)30-25-21(26)18-29-32(24)25/h2-7,9-13,17-18,28H,8,14-16,26H2,1H3/b11-7+. The van der Waals surface area contributed by atoms with Crippen LogP contribution in [-0.4, -0.2) is 54.0 Å². The molecule has 0 amide bonds. The molecule has 0 spiro atoms.